The Morgan fingerprint density at radius 2 is 1.37 bits per heavy atom. The highest BCUT2D eigenvalue weighted by atomic mass is 14.8. The molecule has 0 radical (unpaired) electrons. The topological polar surface area (TPSA) is 12.4 Å². The summed E-state index contributed by atoms with van der Waals surface area (Å²) in [5.74, 6) is 0.360. The number of benzene rings is 3. The number of hydrogen-bond acceptors (Lipinski definition) is 1. The number of hydrogen-bond donors (Lipinski definition) is 0. The Bertz CT molecular complexity index is 988. The molecule has 0 aliphatic heterocycles. The van der Waals surface area contributed by atoms with Crippen molar-refractivity contribution in [3.05, 3.63) is 107 Å². The van der Waals surface area contributed by atoms with E-state index in [9.17, 15) is 0 Å². The predicted molar refractivity (Wildman–Crippen MR) is 116 cm³/mol. The molecule has 3 aromatic rings. The summed E-state index contributed by atoms with van der Waals surface area (Å²) in [5, 5.41) is 0. The van der Waals surface area contributed by atoms with E-state index in [2.05, 4.69) is 99.6 Å². The van der Waals surface area contributed by atoms with Gasteiger partial charge in [-0.25, -0.2) is 0 Å². The van der Waals surface area contributed by atoms with E-state index >= 15 is 0 Å². The van der Waals surface area contributed by atoms with Crippen LogP contribution in [0.4, 0.5) is 5.69 Å². The molecular weight excluding hydrogens is 326 g/mol. The summed E-state index contributed by atoms with van der Waals surface area (Å²) in [5.41, 5.74) is 10.1. The molecule has 1 heteroatoms. The molecule has 0 amide bonds. The lowest BCUT2D eigenvalue weighted by Crippen LogP contribution is -1.99. The Morgan fingerprint density at radius 3 is 2.00 bits per heavy atom. The molecule has 0 aromatic heterocycles. The molecule has 0 heterocycles. The average molecular weight is 351 g/mol. The molecule has 1 unspecified atom stereocenters. The molecule has 1 aliphatic carbocycles. The molecule has 1 atom stereocenters. The number of aryl methyl sites for hydroxylation is 3. The van der Waals surface area contributed by atoms with Crippen LogP contribution in [0, 0.1) is 20.8 Å². The number of rotatable bonds is 3. The molecule has 27 heavy (non-hydrogen) atoms. The Labute approximate surface area is 162 Å². The van der Waals surface area contributed by atoms with Crippen molar-refractivity contribution in [3.63, 3.8) is 0 Å². The largest absolute Gasteiger partial charge is 0.253 e. The summed E-state index contributed by atoms with van der Waals surface area (Å²) in [7, 11) is 0. The normalized spacial score (nSPS) is 18.0. The summed E-state index contributed by atoms with van der Waals surface area (Å²) in [6.45, 7) is 6.46. The van der Waals surface area contributed by atoms with Crippen LogP contribution in [0.5, 0.6) is 0 Å². The van der Waals surface area contributed by atoms with Gasteiger partial charge in [0.05, 0.1) is 5.69 Å². The van der Waals surface area contributed by atoms with E-state index in [1.165, 1.54) is 33.4 Å². The minimum Gasteiger partial charge on any atom is -0.253 e. The van der Waals surface area contributed by atoms with Crippen LogP contribution in [0.1, 0.15) is 40.2 Å². The minimum absolute atomic E-state index is 0.360. The van der Waals surface area contributed by atoms with E-state index < -0.39 is 0 Å². The third-order valence-corrected chi connectivity index (χ3v) is 5.31. The minimum atomic E-state index is 0.360. The fourth-order valence-electron chi connectivity index (χ4n) is 4.13. The SMILES string of the molecule is Cc1cc(C)c(N=C2C=C(c3ccccc3)C(c3ccccc3)C2)c(C)c1. The summed E-state index contributed by atoms with van der Waals surface area (Å²) < 4.78 is 0. The zero-order chi connectivity index (χ0) is 18.8. The van der Waals surface area contributed by atoms with Gasteiger partial charge in [0, 0.05) is 18.1 Å². The maximum absolute atomic E-state index is 5.09. The molecule has 0 saturated heterocycles. The molecule has 1 aliphatic rings. The third kappa shape index (κ3) is 3.64. The van der Waals surface area contributed by atoms with E-state index in [1.54, 1.807) is 0 Å². The van der Waals surface area contributed by atoms with Crippen molar-refractivity contribution < 1.29 is 0 Å². The van der Waals surface area contributed by atoms with Crippen molar-refractivity contribution in [3.8, 4) is 0 Å². The molecule has 0 fully saturated rings. The van der Waals surface area contributed by atoms with Crippen molar-refractivity contribution in [2.45, 2.75) is 33.1 Å². The van der Waals surface area contributed by atoms with Crippen molar-refractivity contribution in [1.29, 1.82) is 0 Å². The highest BCUT2D eigenvalue weighted by Gasteiger charge is 2.26. The van der Waals surface area contributed by atoms with Gasteiger partial charge in [-0.05, 0) is 54.7 Å². The fourth-order valence-corrected chi connectivity index (χ4v) is 4.13. The second-order valence-electron chi connectivity index (χ2n) is 7.48. The fraction of sp³-hybridized carbons (Fsp3) is 0.192. The van der Waals surface area contributed by atoms with Gasteiger partial charge >= 0.3 is 0 Å². The first kappa shape index (κ1) is 17.5. The van der Waals surface area contributed by atoms with Gasteiger partial charge in [0.1, 0.15) is 0 Å². The molecule has 0 N–H and O–H groups in total. The number of nitrogens with zero attached hydrogens (tertiary/aromatic N) is 1. The molecule has 1 nitrogen and oxygen atoms in total. The standard InChI is InChI=1S/C26H25N/c1-18-14-19(2)26(20(3)15-18)27-23-16-24(21-10-6-4-7-11-21)25(17-23)22-12-8-5-9-13-22/h4-16,25H,17H2,1-3H3. The van der Waals surface area contributed by atoms with Gasteiger partial charge in [0.2, 0.25) is 0 Å². The van der Waals surface area contributed by atoms with Crippen LogP contribution in [0.2, 0.25) is 0 Å². The zero-order valence-corrected chi connectivity index (χ0v) is 16.2. The Hall–Kier alpha value is -2.93. The summed E-state index contributed by atoms with van der Waals surface area (Å²) in [6.07, 6.45) is 3.24. The summed E-state index contributed by atoms with van der Waals surface area (Å²) in [6, 6.07) is 25.9. The van der Waals surface area contributed by atoms with Crippen molar-refractivity contribution in [2.24, 2.45) is 4.99 Å². The van der Waals surface area contributed by atoms with Crippen molar-refractivity contribution in [2.75, 3.05) is 0 Å². The lowest BCUT2D eigenvalue weighted by atomic mass is 9.88. The van der Waals surface area contributed by atoms with Crippen LogP contribution in [-0.2, 0) is 0 Å². The molecule has 0 bridgehead atoms. The molecular formula is C26H25N. The molecule has 0 spiro atoms. The van der Waals surface area contributed by atoms with Crippen LogP contribution >= 0.6 is 0 Å². The van der Waals surface area contributed by atoms with E-state index in [1.807, 2.05) is 0 Å². The van der Waals surface area contributed by atoms with Gasteiger partial charge in [-0.1, -0.05) is 78.4 Å². The maximum Gasteiger partial charge on any atom is 0.0691 e. The third-order valence-electron chi connectivity index (χ3n) is 5.31. The van der Waals surface area contributed by atoms with E-state index in [4.69, 9.17) is 4.99 Å². The van der Waals surface area contributed by atoms with Gasteiger partial charge in [0.25, 0.3) is 0 Å². The first-order valence-electron chi connectivity index (χ1n) is 9.59. The van der Waals surface area contributed by atoms with Crippen LogP contribution < -0.4 is 0 Å². The summed E-state index contributed by atoms with van der Waals surface area (Å²) in [4.78, 5) is 5.09. The van der Waals surface area contributed by atoms with Gasteiger partial charge in [-0.15, -0.1) is 0 Å². The van der Waals surface area contributed by atoms with E-state index in [0.717, 1.165) is 17.8 Å². The lowest BCUT2D eigenvalue weighted by molar-refractivity contribution is 0.937. The first-order valence-corrected chi connectivity index (χ1v) is 9.59. The maximum atomic E-state index is 5.09. The first-order chi connectivity index (χ1) is 13.1. The van der Waals surface area contributed by atoms with Crippen LogP contribution in [-0.4, -0.2) is 5.71 Å². The second-order valence-corrected chi connectivity index (χ2v) is 7.48. The van der Waals surface area contributed by atoms with E-state index in [0.29, 0.717) is 5.92 Å². The quantitative estimate of drug-likeness (QED) is 0.484. The Kier molecular flexibility index (Phi) is 4.77. The van der Waals surface area contributed by atoms with Crippen LogP contribution in [0.25, 0.3) is 5.57 Å². The zero-order valence-electron chi connectivity index (χ0n) is 16.2. The number of aliphatic imine (C=N–C) groups is 1. The van der Waals surface area contributed by atoms with Crippen LogP contribution in [0.3, 0.4) is 0 Å². The van der Waals surface area contributed by atoms with Gasteiger partial charge in [0.15, 0.2) is 0 Å². The smallest absolute Gasteiger partial charge is 0.0691 e. The molecule has 4 rings (SSSR count). The monoisotopic (exact) mass is 351 g/mol. The second kappa shape index (κ2) is 7.36. The number of allylic oxidation sites excluding steroid dienone is 2. The Balaban J connectivity index is 1.79. The molecule has 134 valence electrons. The Morgan fingerprint density at radius 1 is 0.778 bits per heavy atom. The van der Waals surface area contributed by atoms with Crippen molar-refractivity contribution in [1.82, 2.24) is 0 Å². The predicted octanol–water partition coefficient (Wildman–Crippen LogP) is 6.96. The van der Waals surface area contributed by atoms with Gasteiger partial charge < -0.3 is 0 Å². The average Bonchev–Trinajstić information content (AvgIpc) is 3.10. The molecule has 0 saturated carbocycles. The van der Waals surface area contributed by atoms with Crippen molar-refractivity contribution >= 4 is 17.0 Å². The van der Waals surface area contributed by atoms with Crippen LogP contribution in [0.15, 0.2) is 83.9 Å². The summed E-state index contributed by atoms with van der Waals surface area (Å²) >= 11 is 0. The van der Waals surface area contributed by atoms with E-state index in [-0.39, 0.29) is 0 Å². The van der Waals surface area contributed by atoms with Gasteiger partial charge in [-0.2, -0.15) is 0 Å². The highest BCUT2D eigenvalue weighted by molar-refractivity contribution is 6.08. The highest BCUT2D eigenvalue weighted by Crippen LogP contribution is 2.41. The molecule has 3 aromatic carbocycles. The lowest BCUT2D eigenvalue weighted by Gasteiger charge is -2.15. The van der Waals surface area contributed by atoms with Gasteiger partial charge in [-0.3, -0.25) is 4.99 Å².